The SMILES string of the molecule is C=CC(=O)N1CCN(C(=O)CCc2cc(-c3ccccc3)ccc2O)CC1. The summed E-state index contributed by atoms with van der Waals surface area (Å²) in [5, 5.41) is 10.1. The Kier molecular flexibility index (Phi) is 5.91. The fraction of sp³-hybridized carbons (Fsp3) is 0.273. The Morgan fingerprint density at radius 1 is 0.963 bits per heavy atom. The maximum Gasteiger partial charge on any atom is 0.246 e. The summed E-state index contributed by atoms with van der Waals surface area (Å²) in [6, 6.07) is 15.5. The largest absolute Gasteiger partial charge is 0.508 e. The molecular formula is C22H24N2O3. The molecule has 1 aliphatic rings. The third-order valence-electron chi connectivity index (χ3n) is 4.91. The molecule has 1 heterocycles. The van der Waals surface area contributed by atoms with E-state index in [9.17, 15) is 14.7 Å². The van der Waals surface area contributed by atoms with Gasteiger partial charge in [0.15, 0.2) is 0 Å². The minimum Gasteiger partial charge on any atom is -0.508 e. The summed E-state index contributed by atoms with van der Waals surface area (Å²) in [4.78, 5) is 27.6. The fourth-order valence-corrected chi connectivity index (χ4v) is 3.30. The zero-order valence-electron chi connectivity index (χ0n) is 15.3. The van der Waals surface area contributed by atoms with Crippen LogP contribution in [0.5, 0.6) is 5.75 Å². The van der Waals surface area contributed by atoms with Crippen LogP contribution >= 0.6 is 0 Å². The van der Waals surface area contributed by atoms with Gasteiger partial charge in [0.05, 0.1) is 0 Å². The van der Waals surface area contributed by atoms with Crippen LogP contribution < -0.4 is 0 Å². The molecular weight excluding hydrogens is 340 g/mol. The summed E-state index contributed by atoms with van der Waals surface area (Å²) < 4.78 is 0. The molecule has 0 atom stereocenters. The average Bonchev–Trinajstić information content (AvgIpc) is 2.73. The van der Waals surface area contributed by atoms with Crippen LogP contribution in [-0.4, -0.2) is 52.9 Å². The molecule has 27 heavy (non-hydrogen) atoms. The van der Waals surface area contributed by atoms with Gasteiger partial charge in [-0.1, -0.05) is 43.0 Å². The second kappa shape index (κ2) is 8.54. The van der Waals surface area contributed by atoms with Gasteiger partial charge in [-0.2, -0.15) is 0 Å². The summed E-state index contributed by atoms with van der Waals surface area (Å²) in [6.45, 7) is 5.63. The summed E-state index contributed by atoms with van der Waals surface area (Å²) in [5.74, 6) is 0.166. The lowest BCUT2D eigenvalue weighted by atomic mass is 10.00. The quantitative estimate of drug-likeness (QED) is 0.830. The summed E-state index contributed by atoms with van der Waals surface area (Å²) >= 11 is 0. The van der Waals surface area contributed by atoms with Gasteiger partial charge in [-0.3, -0.25) is 9.59 Å². The lowest BCUT2D eigenvalue weighted by Crippen LogP contribution is -2.50. The van der Waals surface area contributed by atoms with Crippen molar-refractivity contribution in [1.82, 2.24) is 9.80 Å². The van der Waals surface area contributed by atoms with Gasteiger partial charge in [0.25, 0.3) is 0 Å². The smallest absolute Gasteiger partial charge is 0.246 e. The molecule has 1 aliphatic heterocycles. The Morgan fingerprint density at radius 2 is 1.63 bits per heavy atom. The Morgan fingerprint density at radius 3 is 2.30 bits per heavy atom. The highest BCUT2D eigenvalue weighted by atomic mass is 16.3. The first-order valence-electron chi connectivity index (χ1n) is 9.15. The van der Waals surface area contributed by atoms with E-state index in [0.717, 1.165) is 16.7 Å². The zero-order valence-corrected chi connectivity index (χ0v) is 15.3. The maximum atomic E-state index is 12.5. The molecule has 2 aromatic rings. The maximum absolute atomic E-state index is 12.5. The van der Waals surface area contributed by atoms with E-state index in [2.05, 4.69) is 6.58 Å². The molecule has 3 rings (SSSR count). The highest BCUT2D eigenvalue weighted by Gasteiger charge is 2.22. The predicted molar refractivity (Wildman–Crippen MR) is 105 cm³/mol. The second-order valence-corrected chi connectivity index (χ2v) is 6.62. The second-order valence-electron chi connectivity index (χ2n) is 6.62. The monoisotopic (exact) mass is 364 g/mol. The number of rotatable bonds is 5. The highest BCUT2D eigenvalue weighted by molar-refractivity contribution is 5.87. The molecule has 0 spiro atoms. The molecule has 5 heteroatoms. The van der Waals surface area contributed by atoms with Gasteiger partial charge in [-0.05, 0) is 41.3 Å². The van der Waals surface area contributed by atoms with Crippen LogP contribution in [0.2, 0.25) is 0 Å². The predicted octanol–water partition coefficient (Wildman–Crippen LogP) is 2.85. The number of phenolic OH excluding ortho intramolecular Hbond substituents is 1. The number of piperazine rings is 1. The number of hydrogen-bond donors (Lipinski definition) is 1. The van der Waals surface area contributed by atoms with Crippen LogP contribution in [0, 0.1) is 0 Å². The van der Waals surface area contributed by atoms with E-state index >= 15 is 0 Å². The normalized spacial score (nSPS) is 14.1. The number of carbonyl (C=O) groups excluding carboxylic acids is 2. The van der Waals surface area contributed by atoms with Crippen molar-refractivity contribution in [2.24, 2.45) is 0 Å². The van der Waals surface area contributed by atoms with Crippen LogP contribution in [0.4, 0.5) is 0 Å². The van der Waals surface area contributed by atoms with Crippen molar-refractivity contribution >= 4 is 11.8 Å². The number of benzene rings is 2. The molecule has 0 aliphatic carbocycles. The lowest BCUT2D eigenvalue weighted by molar-refractivity contribution is -0.137. The van der Waals surface area contributed by atoms with Gasteiger partial charge in [0, 0.05) is 32.6 Å². The first kappa shape index (κ1) is 18.7. The number of hydrogen-bond acceptors (Lipinski definition) is 3. The van der Waals surface area contributed by atoms with Crippen molar-refractivity contribution in [2.75, 3.05) is 26.2 Å². The number of aromatic hydroxyl groups is 1. The number of phenols is 1. The molecule has 2 aromatic carbocycles. The number of nitrogens with zero attached hydrogens (tertiary/aromatic N) is 2. The first-order chi connectivity index (χ1) is 13.1. The van der Waals surface area contributed by atoms with E-state index in [1.54, 1.807) is 15.9 Å². The molecule has 0 bridgehead atoms. The van der Waals surface area contributed by atoms with Crippen molar-refractivity contribution < 1.29 is 14.7 Å². The van der Waals surface area contributed by atoms with E-state index in [4.69, 9.17) is 0 Å². The van der Waals surface area contributed by atoms with Crippen LogP contribution in [0.1, 0.15) is 12.0 Å². The molecule has 2 amide bonds. The topological polar surface area (TPSA) is 60.9 Å². The Balaban J connectivity index is 1.59. The molecule has 0 radical (unpaired) electrons. The van der Waals surface area contributed by atoms with Gasteiger partial charge >= 0.3 is 0 Å². The Bertz CT molecular complexity index is 825. The fourth-order valence-electron chi connectivity index (χ4n) is 3.30. The molecule has 1 fully saturated rings. The van der Waals surface area contributed by atoms with E-state index < -0.39 is 0 Å². The number of aryl methyl sites for hydroxylation is 1. The van der Waals surface area contributed by atoms with Gasteiger partial charge in [0.1, 0.15) is 5.75 Å². The molecule has 0 saturated carbocycles. The van der Waals surface area contributed by atoms with Crippen molar-refractivity contribution in [3.8, 4) is 16.9 Å². The lowest BCUT2D eigenvalue weighted by Gasteiger charge is -2.34. The molecule has 5 nitrogen and oxygen atoms in total. The number of amides is 2. The van der Waals surface area contributed by atoms with E-state index in [-0.39, 0.29) is 17.6 Å². The molecule has 1 N–H and O–H groups in total. The molecule has 1 saturated heterocycles. The third-order valence-corrected chi connectivity index (χ3v) is 4.91. The van der Waals surface area contributed by atoms with Crippen molar-refractivity contribution in [3.05, 3.63) is 66.7 Å². The van der Waals surface area contributed by atoms with Crippen molar-refractivity contribution in [2.45, 2.75) is 12.8 Å². The van der Waals surface area contributed by atoms with E-state index in [1.165, 1.54) is 6.08 Å². The highest BCUT2D eigenvalue weighted by Crippen LogP contribution is 2.27. The van der Waals surface area contributed by atoms with E-state index in [1.807, 2.05) is 42.5 Å². The number of carbonyl (C=O) groups is 2. The molecule has 0 unspecified atom stereocenters. The molecule has 0 aromatic heterocycles. The summed E-state index contributed by atoms with van der Waals surface area (Å²) in [6.07, 6.45) is 2.12. The van der Waals surface area contributed by atoms with E-state index in [0.29, 0.717) is 39.0 Å². The third kappa shape index (κ3) is 4.56. The minimum absolute atomic E-state index is 0.0465. The Labute approximate surface area is 159 Å². The van der Waals surface area contributed by atoms with Crippen LogP contribution in [-0.2, 0) is 16.0 Å². The van der Waals surface area contributed by atoms with Gasteiger partial charge in [-0.25, -0.2) is 0 Å². The minimum atomic E-state index is -0.0928. The summed E-state index contributed by atoms with van der Waals surface area (Å²) in [7, 11) is 0. The van der Waals surface area contributed by atoms with Gasteiger partial charge in [0.2, 0.25) is 11.8 Å². The van der Waals surface area contributed by atoms with Crippen molar-refractivity contribution in [3.63, 3.8) is 0 Å². The van der Waals surface area contributed by atoms with Crippen LogP contribution in [0.15, 0.2) is 61.2 Å². The van der Waals surface area contributed by atoms with Crippen molar-refractivity contribution in [1.29, 1.82) is 0 Å². The standard InChI is InChI=1S/C22H24N2O3/c1-2-21(26)23-12-14-24(15-13-23)22(27)11-9-19-16-18(8-10-20(19)25)17-6-4-3-5-7-17/h2-8,10,16,25H,1,9,11-15H2. The zero-order chi connectivity index (χ0) is 19.2. The Hall–Kier alpha value is -3.08. The van der Waals surface area contributed by atoms with Crippen LogP contribution in [0.25, 0.3) is 11.1 Å². The average molecular weight is 364 g/mol. The summed E-state index contributed by atoms with van der Waals surface area (Å²) in [5.41, 5.74) is 2.87. The van der Waals surface area contributed by atoms with Gasteiger partial charge in [-0.15, -0.1) is 0 Å². The first-order valence-corrected chi connectivity index (χ1v) is 9.15. The molecule has 140 valence electrons. The van der Waals surface area contributed by atoms with Crippen LogP contribution in [0.3, 0.4) is 0 Å². The van der Waals surface area contributed by atoms with Gasteiger partial charge < -0.3 is 14.9 Å².